The molecule has 0 unspecified atom stereocenters. The summed E-state index contributed by atoms with van der Waals surface area (Å²) in [5.41, 5.74) is 3.12. The molecule has 0 fully saturated rings. The van der Waals surface area contributed by atoms with Gasteiger partial charge in [-0.05, 0) is 48.9 Å². The quantitative estimate of drug-likeness (QED) is 0.709. The molecule has 0 amide bonds. The Balaban J connectivity index is 1.95. The van der Waals surface area contributed by atoms with Crippen molar-refractivity contribution in [3.05, 3.63) is 53.7 Å². The van der Waals surface area contributed by atoms with Crippen molar-refractivity contribution in [1.82, 2.24) is 15.1 Å². The van der Waals surface area contributed by atoms with Crippen LogP contribution in [-0.4, -0.2) is 15.1 Å². The minimum absolute atomic E-state index is 0.410. The number of benzene rings is 1. The Bertz CT molecular complexity index is 784. The molecule has 0 bridgehead atoms. The van der Waals surface area contributed by atoms with Gasteiger partial charge in [0.15, 0.2) is 0 Å². The van der Waals surface area contributed by atoms with Gasteiger partial charge in [-0.1, -0.05) is 5.16 Å². The van der Waals surface area contributed by atoms with Crippen LogP contribution in [0.3, 0.4) is 0 Å². The average molecular weight is 262 g/mol. The Morgan fingerprint density at radius 3 is 2.65 bits per heavy atom. The Kier molecular flexibility index (Phi) is 2.98. The van der Waals surface area contributed by atoms with E-state index in [2.05, 4.69) is 21.2 Å². The Morgan fingerprint density at radius 1 is 1.15 bits per heavy atom. The van der Waals surface area contributed by atoms with E-state index >= 15 is 0 Å². The summed E-state index contributed by atoms with van der Waals surface area (Å²) >= 11 is 0. The second-order valence-corrected chi connectivity index (χ2v) is 4.33. The lowest BCUT2D eigenvalue weighted by Crippen LogP contribution is -1.86. The van der Waals surface area contributed by atoms with Gasteiger partial charge in [0, 0.05) is 11.8 Å². The smallest absolute Gasteiger partial charge is 0.258 e. The second-order valence-electron chi connectivity index (χ2n) is 4.33. The zero-order valence-corrected chi connectivity index (χ0v) is 10.7. The molecule has 0 aliphatic heterocycles. The first-order valence-electron chi connectivity index (χ1n) is 6.03. The van der Waals surface area contributed by atoms with E-state index in [0.717, 1.165) is 11.1 Å². The SMILES string of the molecule is Cc1ccnc(-c2noc(-c3ccc(C#N)cc3)n2)c1. The molecule has 3 aromatic rings. The van der Waals surface area contributed by atoms with Gasteiger partial charge in [0.25, 0.3) is 5.89 Å². The van der Waals surface area contributed by atoms with Gasteiger partial charge in [0.2, 0.25) is 5.82 Å². The normalized spacial score (nSPS) is 10.2. The van der Waals surface area contributed by atoms with Gasteiger partial charge >= 0.3 is 0 Å². The lowest BCUT2D eigenvalue weighted by molar-refractivity contribution is 0.432. The second kappa shape index (κ2) is 4.94. The average Bonchev–Trinajstić information content (AvgIpc) is 2.97. The molecule has 1 aromatic carbocycles. The molecule has 5 nitrogen and oxygen atoms in total. The number of hydrogen-bond donors (Lipinski definition) is 0. The first kappa shape index (κ1) is 12.1. The van der Waals surface area contributed by atoms with Crippen molar-refractivity contribution in [3.63, 3.8) is 0 Å². The summed E-state index contributed by atoms with van der Waals surface area (Å²) in [5, 5.41) is 12.7. The zero-order chi connectivity index (χ0) is 13.9. The molecule has 96 valence electrons. The molecule has 0 aliphatic carbocycles. The van der Waals surface area contributed by atoms with Gasteiger partial charge in [-0.3, -0.25) is 4.98 Å². The highest BCUT2D eigenvalue weighted by Gasteiger charge is 2.11. The van der Waals surface area contributed by atoms with Crippen LogP contribution in [0.2, 0.25) is 0 Å². The van der Waals surface area contributed by atoms with Crippen molar-refractivity contribution in [2.24, 2.45) is 0 Å². The van der Waals surface area contributed by atoms with Crippen LogP contribution in [0.4, 0.5) is 0 Å². The van der Waals surface area contributed by atoms with E-state index in [0.29, 0.717) is 23.0 Å². The maximum atomic E-state index is 8.77. The standard InChI is InChI=1S/C15H10N4O/c1-10-6-7-17-13(8-10)14-18-15(20-19-14)12-4-2-11(9-16)3-5-12/h2-8H,1H3. The number of nitrogens with zero attached hydrogens (tertiary/aromatic N) is 4. The summed E-state index contributed by atoms with van der Waals surface area (Å²) in [6, 6.07) is 12.8. The summed E-state index contributed by atoms with van der Waals surface area (Å²) in [7, 11) is 0. The summed E-state index contributed by atoms with van der Waals surface area (Å²) in [5.74, 6) is 0.862. The molecular formula is C15H10N4O. The van der Waals surface area contributed by atoms with E-state index < -0.39 is 0 Å². The van der Waals surface area contributed by atoms with Crippen molar-refractivity contribution in [1.29, 1.82) is 5.26 Å². The van der Waals surface area contributed by atoms with Crippen LogP contribution in [0.1, 0.15) is 11.1 Å². The fraction of sp³-hybridized carbons (Fsp3) is 0.0667. The molecule has 5 heteroatoms. The highest BCUT2D eigenvalue weighted by Crippen LogP contribution is 2.21. The van der Waals surface area contributed by atoms with Crippen molar-refractivity contribution >= 4 is 0 Å². The van der Waals surface area contributed by atoms with Gasteiger partial charge < -0.3 is 4.52 Å². The third kappa shape index (κ3) is 2.27. The summed E-state index contributed by atoms with van der Waals surface area (Å²) < 4.78 is 5.23. The van der Waals surface area contributed by atoms with Crippen LogP contribution in [0.25, 0.3) is 23.0 Å². The third-order valence-electron chi connectivity index (χ3n) is 2.83. The van der Waals surface area contributed by atoms with Crippen LogP contribution in [0.5, 0.6) is 0 Å². The Hall–Kier alpha value is -3.00. The van der Waals surface area contributed by atoms with Crippen LogP contribution in [0, 0.1) is 18.3 Å². The first-order valence-corrected chi connectivity index (χ1v) is 6.03. The van der Waals surface area contributed by atoms with Gasteiger partial charge in [-0.15, -0.1) is 0 Å². The lowest BCUT2D eigenvalue weighted by Gasteiger charge is -1.94. The number of pyridine rings is 1. The monoisotopic (exact) mass is 262 g/mol. The topological polar surface area (TPSA) is 75.6 Å². The van der Waals surface area contributed by atoms with E-state index in [9.17, 15) is 0 Å². The minimum Gasteiger partial charge on any atom is -0.334 e. The van der Waals surface area contributed by atoms with Crippen LogP contribution >= 0.6 is 0 Å². The van der Waals surface area contributed by atoms with E-state index in [1.165, 1.54) is 0 Å². The van der Waals surface area contributed by atoms with Crippen molar-refractivity contribution in [3.8, 4) is 29.0 Å². The molecule has 0 atom stereocenters. The molecule has 0 N–H and O–H groups in total. The molecular weight excluding hydrogens is 252 g/mol. The fourth-order valence-corrected chi connectivity index (χ4v) is 1.79. The summed E-state index contributed by atoms with van der Waals surface area (Å²) in [6.45, 7) is 1.98. The van der Waals surface area contributed by atoms with E-state index in [1.54, 1.807) is 30.5 Å². The molecule has 20 heavy (non-hydrogen) atoms. The summed E-state index contributed by atoms with van der Waals surface area (Å²) in [4.78, 5) is 8.54. The van der Waals surface area contributed by atoms with Crippen molar-refractivity contribution in [2.75, 3.05) is 0 Å². The van der Waals surface area contributed by atoms with Crippen molar-refractivity contribution in [2.45, 2.75) is 6.92 Å². The van der Waals surface area contributed by atoms with E-state index in [1.807, 2.05) is 19.1 Å². The van der Waals surface area contributed by atoms with Gasteiger partial charge in [-0.2, -0.15) is 10.2 Å². The molecule has 3 rings (SSSR count). The maximum absolute atomic E-state index is 8.77. The highest BCUT2D eigenvalue weighted by atomic mass is 16.5. The molecule has 2 heterocycles. The largest absolute Gasteiger partial charge is 0.334 e. The van der Waals surface area contributed by atoms with Crippen LogP contribution < -0.4 is 0 Å². The number of rotatable bonds is 2. The zero-order valence-electron chi connectivity index (χ0n) is 10.7. The predicted molar refractivity (Wildman–Crippen MR) is 72.4 cm³/mol. The number of nitriles is 1. The highest BCUT2D eigenvalue weighted by molar-refractivity contribution is 5.58. The molecule has 0 radical (unpaired) electrons. The van der Waals surface area contributed by atoms with Gasteiger partial charge in [-0.25, -0.2) is 0 Å². The van der Waals surface area contributed by atoms with E-state index in [4.69, 9.17) is 9.78 Å². The predicted octanol–water partition coefficient (Wildman–Crippen LogP) is 2.98. The van der Waals surface area contributed by atoms with Crippen LogP contribution in [-0.2, 0) is 0 Å². The minimum atomic E-state index is 0.410. The molecule has 0 saturated heterocycles. The fourth-order valence-electron chi connectivity index (χ4n) is 1.79. The molecule has 0 saturated carbocycles. The Labute approximate surface area is 115 Å². The van der Waals surface area contributed by atoms with Gasteiger partial charge in [0.1, 0.15) is 5.69 Å². The Morgan fingerprint density at radius 2 is 1.95 bits per heavy atom. The molecule has 0 aliphatic rings. The van der Waals surface area contributed by atoms with Crippen molar-refractivity contribution < 1.29 is 4.52 Å². The molecule has 2 aromatic heterocycles. The number of aryl methyl sites for hydroxylation is 1. The van der Waals surface area contributed by atoms with E-state index in [-0.39, 0.29) is 0 Å². The lowest BCUT2D eigenvalue weighted by atomic mass is 10.1. The summed E-state index contributed by atoms with van der Waals surface area (Å²) in [6.07, 6.45) is 1.71. The van der Waals surface area contributed by atoms with Gasteiger partial charge in [0.05, 0.1) is 11.6 Å². The first-order chi connectivity index (χ1) is 9.76. The number of aromatic nitrogens is 3. The van der Waals surface area contributed by atoms with Crippen LogP contribution in [0.15, 0.2) is 47.1 Å². The third-order valence-corrected chi connectivity index (χ3v) is 2.83. The molecule has 0 spiro atoms. The number of hydrogen-bond acceptors (Lipinski definition) is 5. The maximum Gasteiger partial charge on any atom is 0.258 e.